The van der Waals surface area contributed by atoms with Crippen LogP contribution in [0.15, 0.2) is 206 Å². The molecule has 4 heteroatoms. The van der Waals surface area contributed by atoms with Gasteiger partial charge in [-0.2, -0.15) is 0 Å². The van der Waals surface area contributed by atoms with Gasteiger partial charge >= 0.3 is 0 Å². The van der Waals surface area contributed by atoms with Gasteiger partial charge in [0.05, 0.1) is 27.8 Å². The molecule has 1 atom stereocenters. The number of nitrogens with zero attached hydrogens (tertiary/aromatic N) is 2. The van der Waals surface area contributed by atoms with Crippen molar-refractivity contribution in [1.82, 2.24) is 4.57 Å². The Bertz CT molecular complexity index is 3010. The molecule has 0 amide bonds. The van der Waals surface area contributed by atoms with Crippen LogP contribution >= 0.6 is 0 Å². The number of ether oxygens (including phenoxy) is 1. The highest BCUT2D eigenvalue weighted by atomic mass is 16.5. The Morgan fingerprint density at radius 2 is 1.11 bits per heavy atom. The molecule has 1 unspecified atom stereocenters. The van der Waals surface area contributed by atoms with E-state index in [0.29, 0.717) is 5.82 Å². The fraction of sp³-hybridized carbons (Fsp3) is 0.138. The van der Waals surface area contributed by atoms with Gasteiger partial charge in [-0.05, 0) is 89.6 Å². The molecule has 0 radical (unpaired) electrons. The summed E-state index contributed by atoms with van der Waals surface area (Å²) < 4.78 is 9.14. The molecule has 1 aromatic heterocycles. The first-order chi connectivity index (χ1) is 30.4. The van der Waals surface area contributed by atoms with Crippen LogP contribution < -0.4 is 15.4 Å². The summed E-state index contributed by atoms with van der Waals surface area (Å²) in [4.78, 5) is 2.40. The van der Waals surface area contributed by atoms with Gasteiger partial charge < -0.3 is 15.4 Å². The lowest BCUT2D eigenvalue weighted by Gasteiger charge is -2.48. The van der Waals surface area contributed by atoms with Crippen molar-refractivity contribution < 1.29 is 4.74 Å². The van der Waals surface area contributed by atoms with Crippen LogP contribution in [0.1, 0.15) is 66.5 Å². The number of para-hydroxylation sites is 5. The molecule has 0 saturated carbocycles. The van der Waals surface area contributed by atoms with Crippen molar-refractivity contribution in [3.05, 3.63) is 240 Å². The van der Waals surface area contributed by atoms with Crippen LogP contribution in [0, 0.1) is 5.92 Å². The Hall–Kier alpha value is -7.30. The van der Waals surface area contributed by atoms with E-state index < -0.39 is 5.41 Å². The van der Waals surface area contributed by atoms with Gasteiger partial charge in [-0.1, -0.05) is 172 Å². The highest BCUT2D eigenvalue weighted by Gasteiger charge is 2.51. The number of rotatable bonds is 7. The molecule has 0 saturated heterocycles. The van der Waals surface area contributed by atoms with E-state index in [2.05, 4.69) is 230 Å². The number of anilines is 3. The number of nitrogens with two attached hydrogens (primary N) is 1. The molecule has 8 aromatic carbocycles. The van der Waals surface area contributed by atoms with E-state index in [4.69, 9.17) is 10.5 Å². The van der Waals surface area contributed by atoms with E-state index in [0.717, 1.165) is 67.4 Å². The zero-order valence-corrected chi connectivity index (χ0v) is 35.6. The maximum Gasteiger partial charge on any atom is 0.134 e. The SMILES string of the molecule is CC(/C=C(\N)n1c2ccccc2c2cc3c(cc21)Oc1ccccc1C31c2ccccc2N(c2ccccc2)c2ccccc21)c1ccccc1.CC(C)CCc1ccccc1. The van der Waals surface area contributed by atoms with E-state index in [1.54, 1.807) is 0 Å². The van der Waals surface area contributed by atoms with Crippen LogP contribution in [0.2, 0.25) is 0 Å². The Kier molecular flexibility index (Phi) is 10.2. The quantitative estimate of drug-likeness (QED) is 0.174. The van der Waals surface area contributed by atoms with Gasteiger partial charge in [0.25, 0.3) is 0 Å². The van der Waals surface area contributed by atoms with Crippen LogP contribution in [0.4, 0.5) is 17.1 Å². The second-order valence-electron chi connectivity index (χ2n) is 17.0. The summed E-state index contributed by atoms with van der Waals surface area (Å²) in [7, 11) is 0. The standard InChI is InChI=1S/C47H35N3O.C11H16/c1-31(32-16-4-2-5-17-32)28-46(48)50-40-24-12-8-20-34(40)35-29-39-45(30-43(35)50)51-44-27-15-11-23-38(44)47(39)36-21-9-13-25-41(36)49(33-18-6-3-7-19-33)42-26-14-10-22-37(42)47;1-10(2)8-9-11-6-4-3-5-7-11/h2-31H,48H2,1H3;3-7,10H,8-9H2,1-2H3/b46-28+;. The summed E-state index contributed by atoms with van der Waals surface area (Å²) >= 11 is 0. The van der Waals surface area contributed by atoms with E-state index >= 15 is 0 Å². The van der Waals surface area contributed by atoms with Crippen molar-refractivity contribution in [1.29, 1.82) is 0 Å². The molecule has 9 aromatic rings. The average Bonchev–Trinajstić information content (AvgIpc) is 3.64. The van der Waals surface area contributed by atoms with E-state index in [9.17, 15) is 0 Å². The third kappa shape index (κ3) is 6.64. The fourth-order valence-electron chi connectivity index (χ4n) is 9.75. The zero-order chi connectivity index (χ0) is 42.2. The van der Waals surface area contributed by atoms with Gasteiger partial charge in [-0.15, -0.1) is 0 Å². The number of fused-ring (bicyclic) bond motifs is 11. The Labute approximate surface area is 365 Å². The third-order valence-electron chi connectivity index (χ3n) is 12.7. The van der Waals surface area contributed by atoms with Gasteiger partial charge in [-0.25, -0.2) is 0 Å². The summed E-state index contributed by atoms with van der Waals surface area (Å²) in [5, 5.41) is 2.28. The highest BCUT2D eigenvalue weighted by molar-refractivity contribution is 6.11. The van der Waals surface area contributed by atoms with E-state index in [1.807, 2.05) is 6.07 Å². The number of allylic oxidation sites excluding steroid dienone is 1. The summed E-state index contributed by atoms with van der Waals surface area (Å²) in [6.07, 6.45) is 4.67. The first-order valence-electron chi connectivity index (χ1n) is 21.9. The maximum absolute atomic E-state index is 7.07. The monoisotopic (exact) mass is 805 g/mol. The first kappa shape index (κ1) is 38.9. The summed E-state index contributed by atoms with van der Waals surface area (Å²) in [5.74, 6) is 3.32. The van der Waals surface area contributed by atoms with Gasteiger partial charge in [0, 0.05) is 39.6 Å². The molecule has 4 nitrogen and oxygen atoms in total. The number of hydrogen-bond acceptors (Lipinski definition) is 3. The molecule has 2 aliphatic rings. The number of aryl methyl sites for hydroxylation is 1. The lowest BCUT2D eigenvalue weighted by molar-refractivity contribution is 0.435. The predicted molar refractivity (Wildman–Crippen MR) is 259 cm³/mol. The van der Waals surface area contributed by atoms with Crippen molar-refractivity contribution in [2.75, 3.05) is 4.90 Å². The van der Waals surface area contributed by atoms with Crippen LogP contribution in [0.25, 0.3) is 27.6 Å². The van der Waals surface area contributed by atoms with Gasteiger partial charge in [0.15, 0.2) is 0 Å². The molecule has 3 heterocycles. The number of hydrogen-bond donors (Lipinski definition) is 1. The first-order valence-corrected chi connectivity index (χ1v) is 21.9. The fourth-order valence-corrected chi connectivity index (χ4v) is 9.75. The third-order valence-corrected chi connectivity index (χ3v) is 12.7. The van der Waals surface area contributed by atoms with Gasteiger partial charge in [0.2, 0.25) is 0 Å². The molecule has 11 rings (SSSR count). The minimum atomic E-state index is -0.650. The summed E-state index contributed by atoms with van der Waals surface area (Å²) in [6, 6.07) is 71.3. The lowest BCUT2D eigenvalue weighted by Crippen LogP contribution is -2.39. The van der Waals surface area contributed by atoms with Crippen LogP contribution in [-0.2, 0) is 11.8 Å². The molecule has 0 bridgehead atoms. The molecular weight excluding hydrogens is 755 g/mol. The lowest BCUT2D eigenvalue weighted by atomic mass is 9.61. The molecule has 1 spiro atoms. The Balaban J connectivity index is 0.000000366. The van der Waals surface area contributed by atoms with Crippen LogP contribution in [-0.4, -0.2) is 4.57 Å². The minimum Gasteiger partial charge on any atom is -0.457 e. The van der Waals surface area contributed by atoms with Crippen molar-refractivity contribution >= 4 is 44.7 Å². The molecule has 2 aliphatic heterocycles. The number of benzene rings is 8. The van der Waals surface area contributed by atoms with Crippen LogP contribution in [0.3, 0.4) is 0 Å². The molecular formula is C58H51N3O. The van der Waals surface area contributed by atoms with Gasteiger partial charge in [0.1, 0.15) is 17.3 Å². The average molecular weight is 806 g/mol. The summed E-state index contributed by atoms with van der Waals surface area (Å²) in [5.41, 5.74) is 19.3. The van der Waals surface area contributed by atoms with Crippen molar-refractivity contribution in [3.63, 3.8) is 0 Å². The second-order valence-corrected chi connectivity index (χ2v) is 17.0. The minimum absolute atomic E-state index is 0.134. The predicted octanol–water partition coefficient (Wildman–Crippen LogP) is 14.9. The van der Waals surface area contributed by atoms with E-state index in [1.165, 1.54) is 35.1 Å². The Morgan fingerprint density at radius 1 is 0.548 bits per heavy atom. The molecule has 0 fully saturated rings. The molecule has 304 valence electrons. The number of aromatic nitrogens is 1. The second kappa shape index (κ2) is 16.3. The molecule has 0 aliphatic carbocycles. The topological polar surface area (TPSA) is 43.4 Å². The normalized spacial score (nSPS) is 14.0. The van der Waals surface area contributed by atoms with Crippen molar-refractivity contribution in [2.24, 2.45) is 11.7 Å². The maximum atomic E-state index is 7.07. The Morgan fingerprint density at radius 3 is 1.79 bits per heavy atom. The molecule has 62 heavy (non-hydrogen) atoms. The smallest absolute Gasteiger partial charge is 0.134 e. The summed E-state index contributed by atoms with van der Waals surface area (Å²) in [6.45, 7) is 6.73. The van der Waals surface area contributed by atoms with Crippen molar-refractivity contribution in [2.45, 2.75) is 44.9 Å². The largest absolute Gasteiger partial charge is 0.457 e. The van der Waals surface area contributed by atoms with Gasteiger partial charge in [-0.3, -0.25) is 4.57 Å². The van der Waals surface area contributed by atoms with Crippen LogP contribution in [0.5, 0.6) is 11.5 Å². The van der Waals surface area contributed by atoms with Crippen molar-refractivity contribution in [3.8, 4) is 11.5 Å². The zero-order valence-electron chi connectivity index (χ0n) is 35.6. The molecule has 2 N–H and O–H groups in total. The highest BCUT2D eigenvalue weighted by Crippen LogP contribution is 2.63. The van der Waals surface area contributed by atoms with E-state index in [-0.39, 0.29) is 5.92 Å².